The molecule has 1 saturated carbocycles. The van der Waals surface area contributed by atoms with Crippen molar-refractivity contribution in [3.8, 4) is 5.75 Å². The van der Waals surface area contributed by atoms with Gasteiger partial charge >= 0.3 is 0 Å². The summed E-state index contributed by atoms with van der Waals surface area (Å²) in [6.45, 7) is 1.90. The largest absolute Gasteiger partial charge is 0.497 e. The Kier molecular flexibility index (Phi) is 4.80. The molecule has 2 amide bonds. The van der Waals surface area contributed by atoms with Crippen LogP contribution >= 0.6 is 11.3 Å². The second-order valence-electron chi connectivity index (χ2n) is 5.74. The fourth-order valence-corrected chi connectivity index (χ4v) is 2.90. The van der Waals surface area contributed by atoms with E-state index in [1.165, 1.54) is 11.3 Å². The second-order valence-corrected chi connectivity index (χ2v) is 6.80. The van der Waals surface area contributed by atoms with Crippen LogP contribution < -0.4 is 15.4 Å². The lowest BCUT2D eigenvalue weighted by Crippen LogP contribution is -2.27. The maximum Gasteiger partial charge on any atom is 0.253 e. The van der Waals surface area contributed by atoms with E-state index in [-0.39, 0.29) is 24.3 Å². The Morgan fingerprint density at radius 3 is 2.79 bits per heavy atom. The van der Waals surface area contributed by atoms with E-state index in [9.17, 15) is 9.59 Å². The van der Waals surface area contributed by atoms with Crippen molar-refractivity contribution in [3.63, 3.8) is 0 Å². The number of amides is 2. The first-order valence-electron chi connectivity index (χ1n) is 7.75. The fraction of sp³-hybridized carbons (Fsp3) is 0.353. The van der Waals surface area contributed by atoms with Crippen LogP contribution in [0.2, 0.25) is 0 Å². The third-order valence-corrected chi connectivity index (χ3v) is 4.49. The molecular weight excluding hydrogens is 326 g/mol. The zero-order valence-corrected chi connectivity index (χ0v) is 14.4. The first-order valence-corrected chi connectivity index (χ1v) is 8.63. The van der Waals surface area contributed by atoms with E-state index in [0.29, 0.717) is 17.0 Å². The van der Waals surface area contributed by atoms with Crippen molar-refractivity contribution in [1.82, 2.24) is 10.3 Å². The summed E-state index contributed by atoms with van der Waals surface area (Å²) in [4.78, 5) is 28.9. The van der Waals surface area contributed by atoms with Gasteiger partial charge in [-0.2, -0.15) is 0 Å². The zero-order chi connectivity index (χ0) is 17.1. The lowest BCUT2D eigenvalue weighted by molar-refractivity contribution is -0.115. The number of aromatic nitrogens is 1. The molecule has 2 aromatic rings. The molecule has 3 rings (SSSR count). The Morgan fingerprint density at radius 1 is 1.38 bits per heavy atom. The van der Waals surface area contributed by atoms with Gasteiger partial charge in [0.15, 0.2) is 0 Å². The highest BCUT2D eigenvalue weighted by molar-refractivity contribution is 7.09. The van der Waals surface area contributed by atoms with E-state index in [1.807, 2.05) is 12.3 Å². The Balaban J connectivity index is 1.75. The third kappa shape index (κ3) is 4.11. The number of methoxy groups -OCH3 is 1. The number of hydrogen-bond donors (Lipinski definition) is 2. The van der Waals surface area contributed by atoms with Crippen molar-refractivity contribution in [2.45, 2.75) is 32.2 Å². The minimum atomic E-state index is -0.203. The number of ether oxygens (including phenoxy) is 1. The first kappa shape index (κ1) is 16.4. The highest BCUT2D eigenvalue weighted by Gasteiger charge is 2.25. The molecule has 6 nitrogen and oxygen atoms in total. The van der Waals surface area contributed by atoms with E-state index in [2.05, 4.69) is 15.6 Å². The van der Waals surface area contributed by atoms with Crippen molar-refractivity contribution < 1.29 is 14.3 Å². The SMILES string of the molecule is COc1ccc(NC(=O)Cc2csc(C)n2)c(C(=O)NC2CC2)c1. The standard InChI is InChI=1S/C17H19N3O3S/c1-10-18-12(9-24-10)7-16(21)20-15-6-5-13(23-2)8-14(15)17(22)19-11-3-4-11/h5-6,8-9,11H,3-4,7H2,1-2H3,(H,19,22)(H,20,21). The maximum absolute atomic E-state index is 12.4. The van der Waals surface area contributed by atoms with Gasteiger partial charge in [0.25, 0.3) is 5.91 Å². The van der Waals surface area contributed by atoms with Gasteiger partial charge in [-0.3, -0.25) is 9.59 Å². The van der Waals surface area contributed by atoms with Crippen LogP contribution in [-0.2, 0) is 11.2 Å². The van der Waals surface area contributed by atoms with Gasteiger partial charge in [-0.05, 0) is 38.0 Å². The van der Waals surface area contributed by atoms with Gasteiger partial charge in [-0.1, -0.05) is 0 Å². The molecular formula is C17H19N3O3S. The van der Waals surface area contributed by atoms with Crippen LogP contribution in [0.5, 0.6) is 5.75 Å². The molecule has 1 fully saturated rings. The Bertz CT molecular complexity index is 768. The van der Waals surface area contributed by atoms with Gasteiger partial charge in [-0.25, -0.2) is 4.98 Å². The van der Waals surface area contributed by atoms with E-state index in [1.54, 1.807) is 25.3 Å². The second kappa shape index (κ2) is 7.00. The van der Waals surface area contributed by atoms with Gasteiger partial charge in [-0.15, -0.1) is 11.3 Å². The maximum atomic E-state index is 12.4. The molecule has 0 bridgehead atoms. The third-order valence-electron chi connectivity index (χ3n) is 3.67. The molecule has 1 aromatic heterocycles. The molecule has 0 aliphatic heterocycles. The van der Waals surface area contributed by atoms with E-state index >= 15 is 0 Å². The molecule has 1 aromatic carbocycles. The van der Waals surface area contributed by atoms with Crippen molar-refractivity contribution in [1.29, 1.82) is 0 Å². The fourth-order valence-electron chi connectivity index (χ4n) is 2.29. The van der Waals surface area contributed by atoms with E-state index in [4.69, 9.17) is 4.74 Å². The highest BCUT2D eigenvalue weighted by Crippen LogP contribution is 2.25. The van der Waals surface area contributed by atoms with Crippen LogP contribution in [0.25, 0.3) is 0 Å². The number of carbonyl (C=O) groups is 2. The Labute approximate surface area is 144 Å². The number of anilines is 1. The van der Waals surface area contributed by atoms with Crippen LogP contribution in [0.1, 0.15) is 33.9 Å². The van der Waals surface area contributed by atoms with Crippen LogP contribution in [0.15, 0.2) is 23.6 Å². The molecule has 0 spiro atoms. The summed E-state index contributed by atoms with van der Waals surface area (Å²) >= 11 is 1.51. The van der Waals surface area contributed by atoms with Crippen molar-refractivity contribution >= 4 is 28.8 Å². The highest BCUT2D eigenvalue weighted by atomic mass is 32.1. The Hall–Kier alpha value is -2.41. The average Bonchev–Trinajstić information content (AvgIpc) is 3.28. The minimum absolute atomic E-state index is 0.181. The zero-order valence-electron chi connectivity index (χ0n) is 13.6. The average molecular weight is 345 g/mol. The number of nitrogens with one attached hydrogen (secondary N) is 2. The van der Waals surface area contributed by atoms with Crippen molar-refractivity contribution in [2.75, 3.05) is 12.4 Å². The Morgan fingerprint density at radius 2 is 2.17 bits per heavy atom. The molecule has 1 heterocycles. The predicted molar refractivity (Wildman–Crippen MR) is 92.7 cm³/mol. The lowest BCUT2D eigenvalue weighted by atomic mass is 10.1. The molecule has 24 heavy (non-hydrogen) atoms. The summed E-state index contributed by atoms with van der Waals surface area (Å²) in [5, 5.41) is 8.52. The molecule has 0 atom stereocenters. The van der Waals surface area contributed by atoms with E-state index in [0.717, 1.165) is 23.5 Å². The van der Waals surface area contributed by atoms with Gasteiger partial charge in [0.1, 0.15) is 5.75 Å². The monoisotopic (exact) mass is 345 g/mol. The first-order chi connectivity index (χ1) is 11.5. The van der Waals surface area contributed by atoms with E-state index < -0.39 is 0 Å². The minimum Gasteiger partial charge on any atom is -0.497 e. The predicted octanol–water partition coefficient (Wildman–Crippen LogP) is 2.53. The number of nitrogens with zero attached hydrogens (tertiary/aromatic N) is 1. The quantitative estimate of drug-likeness (QED) is 0.843. The molecule has 126 valence electrons. The molecule has 1 aliphatic rings. The molecule has 0 unspecified atom stereocenters. The van der Waals surface area contributed by atoms with Crippen molar-refractivity contribution in [3.05, 3.63) is 39.8 Å². The summed E-state index contributed by atoms with van der Waals surface area (Å²) in [5.74, 6) is 0.172. The smallest absolute Gasteiger partial charge is 0.253 e. The summed E-state index contributed by atoms with van der Waals surface area (Å²) < 4.78 is 5.18. The number of hydrogen-bond acceptors (Lipinski definition) is 5. The molecule has 1 aliphatic carbocycles. The lowest BCUT2D eigenvalue weighted by Gasteiger charge is -2.12. The summed E-state index contributed by atoms with van der Waals surface area (Å²) in [7, 11) is 1.54. The van der Waals surface area contributed by atoms with Crippen LogP contribution in [0.3, 0.4) is 0 Å². The number of aryl methyl sites for hydroxylation is 1. The molecule has 7 heteroatoms. The molecule has 0 radical (unpaired) electrons. The van der Waals surface area contributed by atoms with Gasteiger partial charge < -0.3 is 15.4 Å². The molecule has 0 saturated heterocycles. The van der Waals surface area contributed by atoms with Crippen LogP contribution in [0, 0.1) is 6.92 Å². The van der Waals surface area contributed by atoms with Crippen LogP contribution in [-0.4, -0.2) is 29.9 Å². The number of carbonyl (C=O) groups excluding carboxylic acids is 2. The summed E-state index contributed by atoms with van der Waals surface area (Å²) in [5.41, 5.74) is 1.61. The van der Waals surface area contributed by atoms with Crippen LogP contribution in [0.4, 0.5) is 5.69 Å². The van der Waals surface area contributed by atoms with Crippen molar-refractivity contribution in [2.24, 2.45) is 0 Å². The summed E-state index contributed by atoms with van der Waals surface area (Å²) in [6.07, 6.45) is 2.18. The normalized spacial score (nSPS) is 13.4. The summed E-state index contributed by atoms with van der Waals surface area (Å²) in [6, 6.07) is 5.28. The van der Waals surface area contributed by atoms with Gasteiger partial charge in [0.05, 0.1) is 35.5 Å². The molecule has 2 N–H and O–H groups in total. The van der Waals surface area contributed by atoms with Gasteiger partial charge in [0, 0.05) is 11.4 Å². The number of rotatable bonds is 6. The number of benzene rings is 1. The topological polar surface area (TPSA) is 80.3 Å². The number of thiazole rings is 1. The van der Waals surface area contributed by atoms with Gasteiger partial charge in [0.2, 0.25) is 5.91 Å².